The van der Waals surface area contributed by atoms with Crippen LogP contribution in [0.2, 0.25) is 0 Å². The summed E-state index contributed by atoms with van der Waals surface area (Å²) in [4.78, 5) is 19.3. The molecule has 0 aromatic heterocycles. The maximum Gasteiger partial charge on any atom is 0.360 e. The first-order valence-corrected chi connectivity index (χ1v) is 7.92. The largest absolute Gasteiger partial charge is 0.464 e. The SMILES string of the molecule is CON=C(C(=O)OC)C1=C(CN2CCOCC2)CC(C)=C(C)C1. The Morgan fingerprint density at radius 3 is 2.43 bits per heavy atom. The lowest BCUT2D eigenvalue weighted by molar-refractivity contribution is -0.132. The molecule has 0 bridgehead atoms. The number of allylic oxidation sites excluding steroid dienone is 2. The van der Waals surface area contributed by atoms with Gasteiger partial charge in [0, 0.05) is 19.6 Å². The molecule has 1 heterocycles. The lowest BCUT2D eigenvalue weighted by Crippen LogP contribution is -2.38. The van der Waals surface area contributed by atoms with Crippen LogP contribution in [0.25, 0.3) is 0 Å². The second-order valence-corrected chi connectivity index (χ2v) is 6.00. The number of methoxy groups -OCH3 is 1. The van der Waals surface area contributed by atoms with E-state index < -0.39 is 5.97 Å². The molecule has 6 nitrogen and oxygen atoms in total. The summed E-state index contributed by atoms with van der Waals surface area (Å²) in [6.45, 7) is 8.41. The number of morpholine rings is 1. The van der Waals surface area contributed by atoms with Gasteiger partial charge in [0.05, 0.1) is 20.3 Å². The Balaban J connectivity index is 2.31. The quantitative estimate of drug-likeness (QED) is 0.335. The Morgan fingerprint density at radius 1 is 1.17 bits per heavy atom. The van der Waals surface area contributed by atoms with Gasteiger partial charge in [0.2, 0.25) is 0 Å². The Labute approximate surface area is 137 Å². The number of carbonyl (C=O) groups is 1. The molecule has 0 N–H and O–H groups in total. The molecule has 0 aromatic carbocycles. The first-order chi connectivity index (χ1) is 11.1. The number of hydrogen-bond donors (Lipinski definition) is 0. The lowest BCUT2D eigenvalue weighted by Gasteiger charge is -2.31. The summed E-state index contributed by atoms with van der Waals surface area (Å²) in [6, 6.07) is 0. The van der Waals surface area contributed by atoms with Crippen molar-refractivity contribution < 1.29 is 19.1 Å². The van der Waals surface area contributed by atoms with E-state index in [1.807, 2.05) is 0 Å². The van der Waals surface area contributed by atoms with E-state index in [4.69, 9.17) is 14.3 Å². The molecule has 2 rings (SSSR count). The third-order valence-corrected chi connectivity index (χ3v) is 4.44. The van der Waals surface area contributed by atoms with Gasteiger partial charge in [-0.2, -0.15) is 0 Å². The normalized spacial score (nSPS) is 20.8. The van der Waals surface area contributed by atoms with E-state index >= 15 is 0 Å². The number of carbonyl (C=O) groups excluding carboxylic acids is 1. The molecule has 1 aliphatic heterocycles. The van der Waals surface area contributed by atoms with E-state index in [1.165, 1.54) is 30.9 Å². The maximum absolute atomic E-state index is 12.1. The van der Waals surface area contributed by atoms with Crippen molar-refractivity contribution in [2.45, 2.75) is 26.7 Å². The molecule has 1 saturated heterocycles. The summed E-state index contributed by atoms with van der Waals surface area (Å²) in [6.07, 6.45) is 1.57. The molecule has 0 unspecified atom stereocenters. The molecule has 23 heavy (non-hydrogen) atoms. The highest BCUT2D eigenvalue weighted by Gasteiger charge is 2.27. The van der Waals surface area contributed by atoms with E-state index in [9.17, 15) is 4.79 Å². The molecule has 0 amide bonds. The van der Waals surface area contributed by atoms with Gasteiger partial charge >= 0.3 is 5.97 Å². The highest BCUT2D eigenvalue weighted by atomic mass is 16.6. The Kier molecular flexibility index (Phi) is 6.36. The zero-order valence-electron chi connectivity index (χ0n) is 14.5. The van der Waals surface area contributed by atoms with Crippen molar-refractivity contribution in [1.29, 1.82) is 0 Å². The third kappa shape index (κ3) is 4.42. The minimum atomic E-state index is -0.450. The highest BCUT2D eigenvalue weighted by Crippen LogP contribution is 2.31. The van der Waals surface area contributed by atoms with Gasteiger partial charge in [0.15, 0.2) is 5.71 Å². The standard InChI is InChI=1S/C17H26N2O4/c1-12-9-14(11-19-5-7-23-8-6-19)15(10-13(12)2)16(18-22-4)17(20)21-3/h5-11H2,1-4H3. The average molecular weight is 322 g/mol. The summed E-state index contributed by atoms with van der Waals surface area (Å²) in [5, 5.41) is 3.94. The zero-order chi connectivity index (χ0) is 16.8. The highest BCUT2D eigenvalue weighted by molar-refractivity contribution is 6.43. The van der Waals surface area contributed by atoms with Crippen LogP contribution in [0, 0.1) is 0 Å². The van der Waals surface area contributed by atoms with Gasteiger partial charge in [-0.3, -0.25) is 4.90 Å². The van der Waals surface area contributed by atoms with Gasteiger partial charge in [-0.05, 0) is 37.8 Å². The fourth-order valence-electron chi connectivity index (χ4n) is 2.95. The monoisotopic (exact) mass is 322 g/mol. The van der Waals surface area contributed by atoms with Crippen molar-refractivity contribution in [2.75, 3.05) is 47.1 Å². The number of esters is 1. The van der Waals surface area contributed by atoms with Crippen molar-refractivity contribution in [1.82, 2.24) is 4.90 Å². The van der Waals surface area contributed by atoms with Crippen LogP contribution in [0.4, 0.5) is 0 Å². The maximum atomic E-state index is 12.1. The predicted octanol–water partition coefficient (Wildman–Crippen LogP) is 1.92. The molecule has 0 radical (unpaired) electrons. The number of oxime groups is 1. The molecule has 1 aliphatic carbocycles. The summed E-state index contributed by atoms with van der Waals surface area (Å²) >= 11 is 0. The fraction of sp³-hybridized carbons (Fsp3) is 0.647. The van der Waals surface area contributed by atoms with Crippen molar-refractivity contribution >= 4 is 11.7 Å². The summed E-state index contributed by atoms with van der Waals surface area (Å²) in [5.41, 5.74) is 5.08. The van der Waals surface area contributed by atoms with Gasteiger partial charge in [-0.25, -0.2) is 4.79 Å². The van der Waals surface area contributed by atoms with E-state index in [0.717, 1.165) is 44.8 Å². The molecule has 6 heteroatoms. The summed E-state index contributed by atoms with van der Waals surface area (Å²) in [5.74, 6) is -0.450. The van der Waals surface area contributed by atoms with Gasteiger partial charge in [-0.1, -0.05) is 16.3 Å². The fourth-order valence-corrected chi connectivity index (χ4v) is 2.95. The molecular weight excluding hydrogens is 296 g/mol. The van der Waals surface area contributed by atoms with Crippen LogP contribution in [0.5, 0.6) is 0 Å². The number of nitrogens with zero attached hydrogens (tertiary/aromatic N) is 2. The van der Waals surface area contributed by atoms with Crippen molar-refractivity contribution in [3.63, 3.8) is 0 Å². The molecule has 1 fully saturated rings. The molecular formula is C17H26N2O4. The zero-order valence-corrected chi connectivity index (χ0v) is 14.5. The van der Waals surface area contributed by atoms with E-state index in [2.05, 4.69) is 23.9 Å². The number of rotatable bonds is 5. The van der Waals surface area contributed by atoms with Gasteiger partial charge in [0.1, 0.15) is 7.11 Å². The second-order valence-electron chi connectivity index (χ2n) is 6.00. The molecule has 2 aliphatic rings. The average Bonchev–Trinajstić information content (AvgIpc) is 2.56. The molecule has 0 saturated carbocycles. The van der Waals surface area contributed by atoms with Crippen molar-refractivity contribution in [2.24, 2.45) is 5.16 Å². The van der Waals surface area contributed by atoms with Crippen LogP contribution in [-0.2, 0) is 19.1 Å². The predicted molar refractivity (Wildman–Crippen MR) is 88.4 cm³/mol. The lowest BCUT2D eigenvalue weighted by atomic mass is 9.84. The summed E-state index contributed by atoms with van der Waals surface area (Å²) < 4.78 is 10.3. The van der Waals surface area contributed by atoms with Gasteiger partial charge < -0.3 is 14.3 Å². The minimum Gasteiger partial charge on any atom is -0.464 e. The van der Waals surface area contributed by atoms with Crippen LogP contribution in [-0.4, -0.2) is 63.6 Å². The van der Waals surface area contributed by atoms with Crippen LogP contribution < -0.4 is 0 Å². The Bertz CT molecular complexity index is 543. The molecule has 128 valence electrons. The Hall–Kier alpha value is -1.66. The topological polar surface area (TPSA) is 60.4 Å². The molecule has 0 spiro atoms. The Morgan fingerprint density at radius 2 is 1.83 bits per heavy atom. The van der Waals surface area contributed by atoms with Crippen LogP contribution in [0.1, 0.15) is 26.7 Å². The van der Waals surface area contributed by atoms with Crippen LogP contribution in [0.3, 0.4) is 0 Å². The minimum absolute atomic E-state index is 0.283. The number of ether oxygens (including phenoxy) is 2. The van der Waals surface area contributed by atoms with E-state index in [1.54, 1.807) is 0 Å². The van der Waals surface area contributed by atoms with Gasteiger partial charge in [0.25, 0.3) is 0 Å². The summed E-state index contributed by atoms with van der Waals surface area (Å²) in [7, 11) is 2.81. The van der Waals surface area contributed by atoms with E-state index in [0.29, 0.717) is 6.42 Å². The van der Waals surface area contributed by atoms with Gasteiger partial charge in [-0.15, -0.1) is 0 Å². The second kappa shape index (κ2) is 8.26. The van der Waals surface area contributed by atoms with Crippen LogP contribution in [0.15, 0.2) is 27.4 Å². The van der Waals surface area contributed by atoms with Crippen molar-refractivity contribution in [3.8, 4) is 0 Å². The molecule has 0 atom stereocenters. The van der Waals surface area contributed by atoms with E-state index in [-0.39, 0.29) is 5.71 Å². The number of hydrogen-bond acceptors (Lipinski definition) is 6. The van der Waals surface area contributed by atoms with Crippen LogP contribution >= 0.6 is 0 Å². The third-order valence-electron chi connectivity index (χ3n) is 4.44. The first kappa shape index (κ1) is 17.7. The molecule has 0 aromatic rings. The first-order valence-electron chi connectivity index (χ1n) is 7.92. The van der Waals surface area contributed by atoms with Crippen molar-refractivity contribution in [3.05, 3.63) is 22.3 Å². The smallest absolute Gasteiger partial charge is 0.360 e.